The lowest BCUT2D eigenvalue weighted by Crippen LogP contribution is -2.45. The second kappa shape index (κ2) is 6.52. The molecule has 7 heteroatoms. The number of rotatable bonds is 2. The molecule has 1 aromatic rings. The molecule has 1 saturated heterocycles. The minimum Gasteiger partial charge on any atom is -0.508 e. The summed E-state index contributed by atoms with van der Waals surface area (Å²) in [6.07, 6.45) is 2.74. The smallest absolute Gasteiger partial charge is 0.328 e. The number of carboxylic acid groups (broad SMARTS) is 2. The normalized spacial score (nSPS) is 25.1. The van der Waals surface area contributed by atoms with Crippen molar-refractivity contribution in [3.05, 3.63) is 35.9 Å². The van der Waals surface area contributed by atoms with Gasteiger partial charge in [0.1, 0.15) is 5.75 Å². The molecule has 0 aromatic heterocycles. The Labute approximate surface area is 140 Å². The Morgan fingerprint density at radius 1 is 1.21 bits per heavy atom. The second-order valence-corrected chi connectivity index (χ2v) is 6.34. The van der Waals surface area contributed by atoms with Crippen LogP contribution in [0.1, 0.15) is 18.9 Å². The van der Waals surface area contributed by atoms with E-state index in [0.717, 1.165) is 6.54 Å². The predicted molar refractivity (Wildman–Crippen MR) is 89.3 cm³/mol. The fourth-order valence-corrected chi connectivity index (χ4v) is 3.71. The standard InChI is InChI=1S/C13H18N2O.C4H4O4/c1-13-6-7-14(2)12(13)15(3)11-8-9(16)4-5-10(11)13;5-3(6)1-2-4(7)8/h4-5,8,12,16H,6-7H2,1-3H3;1-2H,(H,5,6)(H,7,8)/b;2-1+/t12-,13+;/m1./s1. The molecule has 3 N–H and O–H groups in total. The van der Waals surface area contributed by atoms with Crippen molar-refractivity contribution in [1.29, 1.82) is 0 Å². The number of nitrogens with zero attached hydrogens (tertiary/aromatic N) is 2. The van der Waals surface area contributed by atoms with Crippen molar-refractivity contribution in [3.8, 4) is 5.75 Å². The van der Waals surface area contributed by atoms with E-state index >= 15 is 0 Å². The van der Waals surface area contributed by atoms with Crippen molar-refractivity contribution in [3.63, 3.8) is 0 Å². The molecule has 130 valence electrons. The van der Waals surface area contributed by atoms with Gasteiger partial charge < -0.3 is 20.2 Å². The summed E-state index contributed by atoms with van der Waals surface area (Å²) in [4.78, 5) is 23.8. The monoisotopic (exact) mass is 334 g/mol. The Kier molecular flexibility index (Phi) is 4.84. The van der Waals surface area contributed by atoms with Crippen molar-refractivity contribution >= 4 is 17.6 Å². The van der Waals surface area contributed by atoms with E-state index in [1.165, 1.54) is 17.7 Å². The molecule has 0 saturated carbocycles. The van der Waals surface area contributed by atoms with Crippen molar-refractivity contribution in [1.82, 2.24) is 4.90 Å². The van der Waals surface area contributed by atoms with Crippen LogP contribution < -0.4 is 4.90 Å². The molecule has 24 heavy (non-hydrogen) atoms. The molecule has 0 amide bonds. The van der Waals surface area contributed by atoms with Crippen LogP contribution in [0.3, 0.4) is 0 Å². The molecule has 0 spiro atoms. The van der Waals surface area contributed by atoms with Crippen molar-refractivity contribution in [2.45, 2.75) is 24.9 Å². The fourth-order valence-electron chi connectivity index (χ4n) is 3.71. The van der Waals surface area contributed by atoms with Gasteiger partial charge in [0.2, 0.25) is 0 Å². The number of carbonyl (C=O) groups is 2. The van der Waals surface area contributed by atoms with Crippen LogP contribution in [0.5, 0.6) is 5.75 Å². The highest BCUT2D eigenvalue weighted by molar-refractivity contribution is 5.89. The predicted octanol–water partition coefficient (Wildman–Crippen LogP) is 1.47. The molecule has 1 aromatic carbocycles. The molecule has 0 aliphatic carbocycles. The number of phenolic OH excluding ortho intramolecular Hbond substituents is 1. The summed E-state index contributed by atoms with van der Waals surface area (Å²) < 4.78 is 0. The van der Waals surface area contributed by atoms with Crippen LogP contribution in [0.25, 0.3) is 0 Å². The van der Waals surface area contributed by atoms with E-state index in [1.54, 1.807) is 6.07 Å². The van der Waals surface area contributed by atoms with Gasteiger partial charge in [0.05, 0.1) is 6.17 Å². The third kappa shape index (κ3) is 3.21. The number of anilines is 1. The van der Waals surface area contributed by atoms with E-state index in [1.807, 2.05) is 6.07 Å². The number of likely N-dealkylation sites (tertiary alicyclic amines) is 1. The molecule has 7 nitrogen and oxygen atoms in total. The largest absolute Gasteiger partial charge is 0.508 e. The number of aliphatic carboxylic acids is 2. The number of fused-ring (bicyclic) bond motifs is 3. The molecule has 0 unspecified atom stereocenters. The van der Waals surface area contributed by atoms with E-state index in [2.05, 4.69) is 36.9 Å². The quantitative estimate of drug-likeness (QED) is 0.704. The number of hydrogen-bond donors (Lipinski definition) is 3. The molecule has 0 radical (unpaired) electrons. The van der Waals surface area contributed by atoms with Crippen molar-refractivity contribution < 1.29 is 24.9 Å². The number of aromatic hydroxyl groups is 1. The van der Waals surface area contributed by atoms with E-state index in [9.17, 15) is 14.7 Å². The number of hydrogen-bond acceptors (Lipinski definition) is 5. The van der Waals surface area contributed by atoms with Gasteiger partial charge in [-0.15, -0.1) is 0 Å². The third-order valence-corrected chi connectivity index (χ3v) is 4.68. The topological polar surface area (TPSA) is 101 Å². The first-order valence-corrected chi connectivity index (χ1v) is 7.57. The summed E-state index contributed by atoms with van der Waals surface area (Å²) in [5.74, 6) is -2.16. The lowest BCUT2D eigenvalue weighted by molar-refractivity contribution is -0.134. The first kappa shape index (κ1) is 17.8. The van der Waals surface area contributed by atoms with Gasteiger partial charge in [0, 0.05) is 42.9 Å². The Morgan fingerprint density at radius 3 is 2.33 bits per heavy atom. The van der Waals surface area contributed by atoms with Gasteiger partial charge >= 0.3 is 11.9 Å². The first-order chi connectivity index (χ1) is 11.2. The highest BCUT2D eigenvalue weighted by Gasteiger charge is 2.52. The first-order valence-electron chi connectivity index (χ1n) is 7.57. The zero-order chi connectivity index (χ0) is 18.1. The lowest BCUT2D eigenvalue weighted by atomic mass is 9.81. The summed E-state index contributed by atoms with van der Waals surface area (Å²) in [6, 6.07) is 5.77. The summed E-state index contributed by atoms with van der Waals surface area (Å²) in [6.45, 7) is 3.48. The maximum atomic E-state index is 9.59. The van der Waals surface area contributed by atoms with Gasteiger partial charge in [-0.3, -0.25) is 4.90 Å². The molecular formula is C17H22N2O5. The average molecular weight is 334 g/mol. The molecule has 2 aliphatic heterocycles. The Balaban J connectivity index is 0.000000224. The maximum absolute atomic E-state index is 9.59. The molecule has 1 fully saturated rings. The van der Waals surface area contributed by atoms with Crippen LogP contribution in [0.15, 0.2) is 30.4 Å². The third-order valence-electron chi connectivity index (χ3n) is 4.68. The minimum atomic E-state index is -1.26. The Bertz CT molecular complexity index is 672. The number of likely N-dealkylation sites (N-methyl/N-ethyl adjacent to an activating group) is 2. The zero-order valence-electron chi connectivity index (χ0n) is 13.9. The molecule has 0 bridgehead atoms. The van der Waals surface area contributed by atoms with Gasteiger partial charge in [0.25, 0.3) is 0 Å². The van der Waals surface area contributed by atoms with Crippen molar-refractivity contribution in [2.75, 3.05) is 25.5 Å². The SMILES string of the molecule is CN1CC[C@@]2(C)c3ccc(O)cc3N(C)[C@@H]12.O=C(O)/C=C/C(=O)O. The highest BCUT2D eigenvalue weighted by atomic mass is 16.4. The Morgan fingerprint density at radius 2 is 1.79 bits per heavy atom. The van der Waals surface area contributed by atoms with Gasteiger partial charge in [-0.1, -0.05) is 13.0 Å². The maximum Gasteiger partial charge on any atom is 0.328 e. The van der Waals surface area contributed by atoms with E-state index in [-0.39, 0.29) is 5.41 Å². The Hall–Kier alpha value is -2.54. The summed E-state index contributed by atoms with van der Waals surface area (Å²) in [5, 5.41) is 25.2. The van der Waals surface area contributed by atoms with E-state index < -0.39 is 11.9 Å². The fraction of sp³-hybridized carbons (Fsp3) is 0.412. The number of benzene rings is 1. The summed E-state index contributed by atoms with van der Waals surface area (Å²) >= 11 is 0. The van der Waals surface area contributed by atoms with E-state index in [0.29, 0.717) is 24.1 Å². The molecule has 2 atom stereocenters. The molecule has 2 heterocycles. The highest BCUT2D eigenvalue weighted by Crippen LogP contribution is 2.51. The van der Waals surface area contributed by atoms with Crippen LogP contribution in [0.2, 0.25) is 0 Å². The van der Waals surface area contributed by atoms with Gasteiger partial charge in [-0.05, 0) is 25.1 Å². The van der Waals surface area contributed by atoms with Crippen LogP contribution in [-0.2, 0) is 15.0 Å². The van der Waals surface area contributed by atoms with Crippen LogP contribution >= 0.6 is 0 Å². The summed E-state index contributed by atoms with van der Waals surface area (Å²) in [7, 11) is 4.30. The molecular weight excluding hydrogens is 312 g/mol. The van der Waals surface area contributed by atoms with Gasteiger partial charge in [-0.2, -0.15) is 0 Å². The van der Waals surface area contributed by atoms with Crippen molar-refractivity contribution in [2.24, 2.45) is 0 Å². The molecule has 2 aliphatic rings. The number of phenols is 1. The average Bonchev–Trinajstić information content (AvgIpc) is 2.91. The second-order valence-electron chi connectivity index (χ2n) is 6.34. The van der Waals surface area contributed by atoms with Crippen LogP contribution in [0, 0.1) is 0 Å². The molecule has 3 rings (SSSR count). The zero-order valence-corrected chi connectivity index (χ0v) is 13.9. The number of carboxylic acids is 2. The summed E-state index contributed by atoms with van der Waals surface area (Å²) in [5.41, 5.74) is 2.77. The van der Waals surface area contributed by atoms with Crippen LogP contribution in [0.4, 0.5) is 5.69 Å². The van der Waals surface area contributed by atoms with Gasteiger partial charge in [-0.25, -0.2) is 9.59 Å². The van der Waals surface area contributed by atoms with E-state index in [4.69, 9.17) is 10.2 Å². The van der Waals surface area contributed by atoms with Gasteiger partial charge in [0.15, 0.2) is 0 Å². The minimum absolute atomic E-state index is 0.215. The lowest BCUT2D eigenvalue weighted by Gasteiger charge is -2.32. The van der Waals surface area contributed by atoms with Crippen LogP contribution in [-0.4, -0.2) is 59.0 Å².